The van der Waals surface area contributed by atoms with Gasteiger partial charge in [0, 0.05) is 17.6 Å². The quantitative estimate of drug-likeness (QED) is 0.383. The first-order chi connectivity index (χ1) is 4.04. The zero-order valence-corrected chi connectivity index (χ0v) is 13.5. The van der Waals surface area contributed by atoms with Gasteiger partial charge in [0.25, 0.3) is 0 Å². The summed E-state index contributed by atoms with van der Waals surface area (Å²) in [5.41, 5.74) is 0. The van der Waals surface area contributed by atoms with Crippen molar-refractivity contribution in [2.45, 2.75) is 11.7 Å². The number of hydrogen-bond acceptors (Lipinski definition) is 5. The molecule has 0 spiro atoms. The Morgan fingerprint density at radius 2 is 1.64 bits per heavy atom. The maximum absolute atomic E-state index is 9.76. The van der Waals surface area contributed by atoms with Crippen LogP contribution in [0.1, 0.15) is 6.42 Å². The molecule has 0 aliphatic rings. The van der Waals surface area contributed by atoms with Gasteiger partial charge in [0.15, 0.2) is 0 Å². The Labute approximate surface area is 155 Å². The van der Waals surface area contributed by atoms with Crippen molar-refractivity contribution in [1.82, 2.24) is 0 Å². The first-order valence-electron chi connectivity index (χ1n) is 2.13. The predicted octanol–water partition coefficient (Wildman–Crippen LogP) is -8.82. The van der Waals surface area contributed by atoms with Crippen LogP contribution >= 0.6 is 12.6 Å². The standard InChI is InChI=1S/C4H6O4S.2K/c5-3(6)1-2(9)4(7)8;;/h2,9H,1H2,(H,5,6)(H,7,8);;/q;2*+1/p-2/t2-;;/m1../s1. The second-order valence-corrected chi connectivity index (χ2v) is 2.03. The molecule has 0 heterocycles. The molecule has 1 atom stereocenters. The van der Waals surface area contributed by atoms with Gasteiger partial charge in [-0.25, -0.2) is 0 Å². The summed E-state index contributed by atoms with van der Waals surface area (Å²) >= 11 is 3.38. The molecule has 0 unspecified atom stereocenters. The molecule has 0 rings (SSSR count). The summed E-state index contributed by atoms with van der Waals surface area (Å²) in [6, 6.07) is 0. The van der Waals surface area contributed by atoms with Gasteiger partial charge in [-0.15, -0.1) is 0 Å². The van der Waals surface area contributed by atoms with Crippen molar-refractivity contribution in [3.8, 4) is 0 Å². The van der Waals surface area contributed by atoms with E-state index in [1.165, 1.54) is 0 Å². The molecular weight excluding hydrogens is 222 g/mol. The summed E-state index contributed by atoms with van der Waals surface area (Å²) in [5.74, 6) is -2.94. The van der Waals surface area contributed by atoms with E-state index in [0.717, 1.165) is 0 Å². The zero-order valence-electron chi connectivity index (χ0n) is 6.36. The van der Waals surface area contributed by atoms with Gasteiger partial charge in [-0.05, 0) is 0 Å². The van der Waals surface area contributed by atoms with Crippen molar-refractivity contribution in [3.63, 3.8) is 0 Å². The second-order valence-electron chi connectivity index (χ2n) is 1.41. The molecule has 0 aromatic rings. The third kappa shape index (κ3) is 12.6. The summed E-state index contributed by atoms with van der Waals surface area (Å²) in [7, 11) is 0. The van der Waals surface area contributed by atoms with Gasteiger partial charge in [-0.3, -0.25) is 0 Å². The molecule has 0 amide bonds. The largest absolute Gasteiger partial charge is 1.00 e. The van der Waals surface area contributed by atoms with Crippen LogP contribution in [0.15, 0.2) is 0 Å². The smallest absolute Gasteiger partial charge is 0.550 e. The number of carboxylic acids is 2. The van der Waals surface area contributed by atoms with E-state index in [1.54, 1.807) is 0 Å². The molecule has 0 aliphatic carbocycles. The van der Waals surface area contributed by atoms with E-state index in [0.29, 0.717) is 0 Å². The third-order valence-corrected chi connectivity index (χ3v) is 1.03. The SMILES string of the molecule is O=C([O-])C[C@@H](S)C(=O)[O-].[K+].[K+]. The monoisotopic (exact) mass is 226 g/mol. The van der Waals surface area contributed by atoms with E-state index in [9.17, 15) is 19.8 Å². The summed E-state index contributed by atoms with van der Waals surface area (Å²) in [6.07, 6.45) is -0.620. The average molecular weight is 226 g/mol. The van der Waals surface area contributed by atoms with Crippen molar-refractivity contribution in [2.24, 2.45) is 0 Å². The molecule has 4 nitrogen and oxygen atoms in total. The summed E-state index contributed by atoms with van der Waals surface area (Å²) in [6.45, 7) is 0. The Balaban J connectivity index is -0.000000320. The van der Waals surface area contributed by atoms with Crippen molar-refractivity contribution in [3.05, 3.63) is 0 Å². The minimum absolute atomic E-state index is 0. The first kappa shape index (κ1) is 19.2. The number of carbonyl (C=O) groups is 2. The summed E-state index contributed by atoms with van der Waals surface area (Å²) < 4.78 is 0. The molecule has 0 aromatic heterocycles. The van der Waals surface area contributed by atoms with Gasteiger partial charge in [0.2, 0.25) is 0 Å². The summed E-state index contributed by atoms with van der Waals surface area (Å²) in [5, 5.41) is 18.2. The molecule has 0 radical (unpaired) electrons. The minimum atomic E-state index is -1.50. The normalized spacial score (nSPS) is 10.3. The first-order valence-corrected chi connectivity index (χ1v) is 2.64. The molecule has 0 N–H and O–H groups in total. The van der Waals surface area contributed by atoms with Gasteiger partial charge < -0.3 is 19.8 Å². The maximum Gasteiger partial charge on any atom is 1.00 e. The fraction of sp³-hybridized carbons (Fsp3) is 0.500. The van der Waals surface area contributed by atoms with Crippen LogP contribution in [0.25, 0.3) is 0 Å². The van der Waals surface area contributed by atoms with E-state index in [2.05, 4.69) is 12.6 Å². The minimum Gasteiger partial charge on any atom is -0.550 e. The van der Waals surface area contributed by atoms with Gasteiger partial charge in [-0.1, -0.05) is 0 Å². The van der Waals surface area contributed by atoms with E-state index in [1.807, 2.05) is 0 Å². The Hall–Kier alpha value is 2.56. The molecular formula is C4H4K2O4S. The summed E-state index contributed by atoms with van der Waals surface area (Å²) in [4.78, 5) is 19.4. The predicted molar refractivity (Wildman–Crippen MR) is 27.4 cm³/mol. The average Bonchev–Trinajstić information content (AvgIpc) is 1.63. The van der Waals surface area contributed by atoms with E-state index in [4.69, 9.17) is 0 Å². The van der Waals surface area contributed by atoms with Gasteiger partial charge in [-0.2, -0.15) is 12.6 Å². The fourth-order valence-electron chi connectivity index (χ4n) is 0.241. The van der Waals surface area contributed by atoms with Crippen molar-refractivity contribution < 1.29 is 123 Å². The van der Waals surface area contributed by atoms with E-state index >= 15 is 0 Å². The molecule has 0 saturated heterocycles. The van der Waals surface area contributed by atoms with Gasteiger partial charge in [0.05, 0.1) is 5.97 Å². The number of thiol groups is 1. The van der Waals surface area contributed by atoms with Crippen molar-refractivity contribution >= 4 is 24.6 Å². The van der Waals surface area contributed by atoms with Crippen LogP contribution < -0.4 is 113 Å². The molecule has 52 valence electrons. The number of hydrogen-bond donors (Lipinski definition) is 1. The van der Waals surface area contributed by atoms with Crippen LogP contribution in [0.5, 0.6) is 0 Å². The third-order valence-electron chi connectivity index (χ3n) is 0.632. The van der Waals surface area contributed by atoms with E-state index < -0.39 is 23.6 Å². The maximum atomic E-state index is 9.76. The molecule has 7 heteroatoms. The van der Waals surface area contributed by atoms with E-state index in [-0.39, 0.29) is 103 Å². The Kier molecular flexibility index (Phi) is 18.6. The Morgan fingerprint density at radius 3 is 1.73 bits per heavy atom. The second kappa shape index (κ2) is 10.6. The van der Waals surface area contributed by atoms with Crippen LogP contribution in [0.4, 0.5) is 0 Å². The van der Waals surface area contributed by atoms with Crippen LogP contribution in [-0.4, -0.2) is 17.2 Å². The molecule has 11 heavy (non-hydrogen) atoms. The van der Waals surface area contributed by atoms with Gasteiger partial charge in [0.1, 0.15) is 0 Å². The molecule has 0 aliphatic heterocycles. The molecule has 0 saturated carbocycles. The Morgan fingerprint density at radius 1 is 1.27 bits per heavy atom. The zero-order chi connectivity index (χ0) is 7.44. The van der Waals surface area contributed by atoms with Crippen molar-refractivity contribution in [2.75, 3.05) is 0 Å². The van der Waals surface area contributed by atoms with Crippen molar-refractivity contribution in [1.29, 1.82) is 0 Å². The van der Waals surface area contributed by atoms with Crippen LogP contribution in [0, 0.1) is 0 Å². The topological polar surface area (TPSA) is 80.3 Å². The number of aliphatic carboxylic acids is 2. The molecule has 0 aromatic carbocycles. The fourth-order valence-corrected chi connectivity index (χ4v) is 0.390. The van der Waals surface area contributed by atoms with Crippen LogP contribution in [-0.2, 0) is 9.59 Å². The molecule has 0 fully saturated rings. The van der Waals surface area contributed by atoms with Crippen LogP contribution in [0.3, 0.4) is 0 Å². The Bertz CT molecular complexity index is 140. The number of rotatable bonds is 3. The number of carbonyl (C=O) groups excluding carboxylic acids is 2. The van der Waals surface area contributed by atoms with Gasteiger partial charge >= 0.3 is 103 Å². The number of carboxylic acid groups (broad SMARTS) is 2. The molecule has 0 bridgehead atoms. The van der Waals surface area contributed by atoms with Crippen LogP contribution in [0.2, 0.25) is 0 Å².